The smallest absolute Gasteiger partial charge is 0.243 e. The number of hydrogen-bond donors (Lipinski definition) is 1. The first-order chi connectivity index (χ1) is 12.3. The lowest BCUT2D eigenvalue weighted by Crippen LogP contribution is -2.09. The molecule has 2 aromatic carbocycles. The van der Waals surface area contributed by atoms with Crippen LogP contribution in [0.25, 0.3) is 11.3 Å². The fourth-order valence-corrected chi connectivity index (χ4v) is 2.43. The van der Waals surface area contributed by atoms with Gasteiger partial charge in [0.2, 0.25) is 5.95 Å². The maximum atomic E-state index is 5.24. The number of anilines is 1. The van der Waals surface area contributed by atoms with Gasteiger partial charge in [-0.1, -0.05) is 12.1 Å². The summed E-state index contributed by atoms with van der Waals surface area (Å²) in [5.41, 5.74) is 2.92. The molecule has 1 aromatic heterocycles. The Kier molecular flexibility index (Phi) is 5.41. The largest absolute Gasteiger partial charge is 0.497 e. The molecular weight excluding hydrogens is 316 g/mol. The topological polar surface area (TPSA) is 69.2 Å². The van der Waals surface area contributed by atoms with Gasteiger partial charge in [0.1, 0.15) is 11.5 Å². The predicted molar refractivity (Wildman–Crippen MR) is 97.0 cm³/mol. The summed E-state index contributed by atoms with van der Waals surface area (Å²) < 4.78 is 10.4. The Bertz CT molecular complexity index is 822. The second-order valence-corrected chi connectivity index (χ2v) is 5.42. The standard InChI is InChI=1S/C19H20N4O2/c1-24-16-8-6-15(7-9-16)18-13-21-23-19(22-18)20-11-10-14-4-3-5-17(12-14)25-2/h3-9,12-13H,10-11H2,1-2H3,(H,20,22,23). The molecule has 1 heterocycles. The van der Waals surface area contributed by atoms with Crippen LogP contribution in [0.5, 0.6) is 11.5 Å². The highest BCUT2D eigenvalue weighted by atomic mass is 16.5. The van der Waals surface area contributed by atoms with Gasteiger partial charge in [0.15, 0.2) is 0 Å². The van der Waals surface area contributed by atoms with Gasteiger partial charge in [-0.3, -0.25) is 0 Å². The van der Waals surface area contributed by atoms with Crippen LogP contribution in [0, 0.1) is 0 Å². The van der Waals surface area contributed by atoms with Crippen LogP contribution in [0.4, 0.5) is 5.95 Å². The van der Waals surface area contributed by atoms with E-state index in [1.807, 2.05) is 42.5 Å². The fraction of sp³-hybridized carbons (Fsp3) is 0.211. The Balaban J connectivity index is 1.63. The van der Waals surface area contributed by atoms with Crippen molar-refractivity contribution in [1.82, 2.24) is 15.2 Å². The molecule has 3 aromatic rings. The van der Waals surface area contributed by atoms with Gasteiger partial charge in [0.25, 0.3) is 0 Å². The molecule has 0 saturated heterocycles. The first-order valence-electron chi connectivity index (χ1n) is 7.99. The van der Waals surface area contributed by atoms with E-state index in [4.69, 9.17) is 9.47 Å². The normalized spacial score (nSPS) is 10.3. The summed E-state index contributed by atoms with van der Waals surface area (Å²) in [5, 5.41) is 11.3. The number of hydrogen-bond acceptors (Lipinski definition) is 6. The zero-order valence-electron chi connectivity index (χ0n) is 14.3. The first-order valence-corrected chi connectivity index (χ1v) is 7.99. The zero-order valence-corrected chi connectivity index (χ0v) is 14.3. The van der Waals surface area contributed by atoms with Crippen LogP contribution in [0.1, 0.15) is 5.56 Å². The third-order valence-corrected chi connectivity index (χ3v) is 3.78. The first kappa shape index (κ1) is 16.7. The monoisotopic (exact) mass is 336 g/mol. The Labute approximate surface area is 146 Å². The van der Waals surface area contributed by atoms with Crippen LogP contribution in [0.2, 0.25) is 0 Å². The molecule has 0 atom stereocenters. The van der Waals surface area contributed by atoms with Gasteiger partial charge in [-0.05, 0) is 48.4 Å². The molecule has 0 spiro atoms. The van der Waals surface area contributed by atoms with Gasteiger partial charge >= 0.3 is 0 Å². The van der Waals surface area contributed by atoms with Crippen molar-refractivity contribution in [2.45, 2.75) is 6.42 Å². The van der Waals surface area contributed by atoms with Crippen LogP contribution in [0.15, 0.2) is 54.7 Å². The highest BCUT2D eigenvalue weighted by molar-refractivity contribution is 5.60. The molecule has 6 nitrogen and oxygen atoms in total. The molecule has 1 N–H and O–H groups in total. The summed E-state index contributed by atoms with van der Waals surface area (Å²) in [6.07, 6.45) is 2.49. The van der Waals surface area contributed by atoms with E-state index in [-0.39, 0.29) is 0 Å². The van der Waals surface area contributed by atoms with Crippen molar-refractivity contribution in [2.24, 2.45) is 0 Å². The lowest BCUT2D eigenvalue weighted by molar-refractivity contribution is 0.414. The van der Waals surface area contributed by atoms with Gasteiger partial charge in [0, 0.05) is 12.1 Å². The third kappa shape index (κ3) is 4.44. The number of nitrogens with zero attached hydrogens (tertiary/aromatic N) is 3. The molecule has 0 aliphatic heterocycles. The fourth-order valence-electron chi connectivity index (χ4n) is 2.43. The Morgan fingerprint density at radius 1 is 0.960 bits per heavy atom. The Morgan fingerprint density at radius 2 is 1.76 bits per heavy atom. The minimum absolute atomic E-state index is 0.510. The average molecular weight is 336 g/mol. The summed E-state index contributed by atoms with van der Waals surface area (Å²) in [5.74, 6) is 2.18. The summed E-state index contributed by atoms with van der Waals surface area (Å²) in [6, 6.07) is 15.7. The van der Waals surface area contributed by atoms with E-state index >= 15 is 0 Å². The molecule has 128 valence electrons. The minimum atomic E-state index is 0.510. The molecular formula is C19H20N4O2. The molecule has 0 amide bonds. The van der Waals surface area contributed by atoms with Crippen LogP contribution in [-0.4, -0.2) is 35.9 Å². The van der Waals surface area contributed by atoms with Crippen LogP contribution >= 0.6 is 0 Å². The number of rotatable bonds is 7. The van der Waals surface area contributed by atoms with Crippen LogP contribution in [-0.2, 0) is 6.42 Å². The Hall–Kier alpha value is -3.15. The van der Waals surface area contributed by atoms with E-state index in [1.165, 1.54) is 5.56 Å². The maximum Gasteiger partial charge on any atom is 0.243 e. The van der Waals surface area contributed by atoms with Crippen molar-refractivity contribution in [3.8, 4) is 22.8 Å². The number of methoxy groups -OCH3 is 2. The number of nitrogens with one attached hydrogen (secondary N) is 1. The maximum absolute atomic E-state index is 5.24. The zero-order chi connectivity index (χ0) is 17.5. The van der Waals surface area contributed by atoms with E-state index in [0.717, 1.165) is 29.2 Å². The summed E-state index contributed by atoms with van der Waals surface area (Å²) >= 11 is 0. The molecule has 0 saturated carbocycles. The highest BCUT2D eigenvalue weighted by Crippen LogP contribution is 2.20. The van der Waals surface area contributed by atoms with E-state index in [2.05, 4.69) is 26.6 Å². The molecule has 0 unspecified atom stereocenters. The van der Waals surface area contributed by atoms with Crippen molar-refractivity contribution in [1.29, 1.82) is 0 Å². The summed E-state index contributed by atoms with van der Waals surface area (Å²) in [4.78, 5) is 4.51. The lowest BCUT2D eigenvalue weighted by Gasteiger charge is -2.07. The molecule has 6 heteroatoms. The molecule has 0 bridgehead atoms. The second-order valence-electron chi connectivity index (χ2n) is 5.42. The number of ether oxygens (including phenoxy) is 2. The predicted octanol–water partition coefficient (Wildman–Crippen LogP) is 3.21. The lowest BCUT2D eigenvalue weighted by atomic mass is 10.1. The van der Waals surface area contributed by atoms with E-state index in [1.54, 1.807) is 20.4 Å². The van der Waals surface area contributed by atoms with Crippen LogP contribution < -0.4 is 14.8 Å². The van der Waals surface area contributed by atoms with Crippen molar-refractivity contribution in [2.75, 3.05) is 26.1 Å². The van der Waals surface area contributed by atoms with Crippen molar-refractivity contribution >= 4 is 5.95 Å². The van der Waals surface area contributed by atoms with Gasteiger partial charge in [-0.15, -0.1) is 5.10 Å². The van der Waals surface area contributed by atoms with E-state index in [0.29, 0.717) is 12.5 Å². The summed E-state index contributed by atoms with van der Waals surface area (Å²) in [6.45, 7) is 0.709. The third-order valence-electron chi connectivity index (χ3n) is 3.78. The number of benzene rings is 2. The highest BCUT2D eigenvalue weighted by Gasteiger charge is 2.04. The molecule has 3 rings (SSSR count). The van der Waals surface area contributed by atoms with Crippen molar-refractivity contribution < 1.29 is 9.47 Å². The van der Waals surface area contributed by atoms with Crippen molar-refractivity contribution in [3.63, 3.8) is 0 Å². The van der Waals surface area contributed by atoms with Crippen molar-refractivity contribution in [3.05, 3.63) is 60.3 Å². The molecule has 0 aliphatic rings. The Morgan fingerprint density at radius 3 is 2.52 bits per heavy atom. The second kappa shape index (κ2) is 8.10. The molecule has 25 heavy (non-hydrogen) atoms. The van der Waals surface area contributed by atoms with E-state index < -0.39 is 0 Å². The van der Waals surface area contributed by atoms with Gasteiger partial charge < -0.3 is 14.8 Å². The van der Waals surface area contributed by atoms with Gasteiger partial charge in [0.05, 0.1) is 26.1 Å². The van der Waals surface area contributed by atoms with Gasteiger partial charge in [-0.2, -0.15) is 5.10 Å². The molecule has 0 aliphatic carbocycles. The van der Waals surface area contributed by atoms with E-state index in [9.17, 15) is 0 Å². The average Bonchev–Trinajstić information content (AvgIpc) is 2.68. The quantitative estimate of drug-likeness (QED) is 0.714. The van der Waals surface area contributed by atoms with Gasteiger partial charge in [-0.25, -0.2) is 4.98 Å². The number of aromatic nitrogens is 3. The molecule has 0 radical (unpaired) electrons. The summed E-state index contributed by atoms with van der Waals surface area (Å²) in [7, 11) is 3.31. The minimum Gasteiger partial charge on any atom is -0.497 e. The molecule has 0 fully saturated rings. The van der Waals surface area contributed by atoms with Crippen LogP contribution in [0.3, 0.4) is 0 Å². The SMILES string of the molecule is COc1ccc(-c2cnnc(NCCc3cccc(OC)c3)n2)cc1.